The molecule has 0 aliphatic rings. The molecule has 1 aromatic heterocycles. The van der Waals surface area contributed by atoms with Gasteiger partial charge in [0.15, 0.2) is 0 Å². The number of non-ortho nitro benzene ring substituents is 1. The Morgan fingerprint density at radius 2 is 1.87 bits per heavy atom. The zero-order valence-corrected chi connectivity index (χ0v) is 16.3. The quantitative estimate of drug-likeness (QED) is 0.451. The summed E-state index contributed by atoms with van der Waals surface area (Å²) in [6.45, 7) is 0.184. The SMILES string of the molecule is CN(Cc1cn(-c2ccccc2)nc1-c1cccc([N+](=O)[O-])c1)C(=O)CCC(=O)O. The smallest absolute Gasteiger partial charge is 0.303 e. The number of carbonyl (C=O) groups excluding carboxylic acids is 1. The van der Waals surface area contributed by atoms with Crippen LogP contribution in [0, 0.1) is 10.1 Å². The normalized spacial score (nSPS) is 10.6. The molecule has 1 heterocycles. The molecule has 0 unspecified atom stereocenters. The van der Waals surface area contributed by atoms with Gasteiger partial charge in [0.25, 0.3) is 5.69 Å². The Balaban J connectivity index is 1.97. The average molecular weight is 408 g/mol. The minimum atomic E-state index is -1.04. The van der Waals surface area contributed by atoms with Crippen molar-refractivity contribution in [2.75, 3.05) is 7.05 Å². The van der Waals surface area contributed by atoms with Crippen molar-refractivity contribution in [1.29, 1.82) is 0 Å². The van der Waals surface area contributed by atoms with E-state index in [4.69, 9.17) is 5.11 Å². The van der Waals surface area contributed by atoms with Crippen molar-refractivity contribution in [1.82, 2.24) is 14.7 Å². The molecular weight excluding hydrogens is 388 g/mol. The van der Waals surface area contributed by atoms with Gasteiger partial charge in [0.2, 0.25) is 5.91 Å². The van der Waals surface area contributed by atoms with Crippen LogP contribution in [0.3, 0.4) is 0 Å². The minimum absolute atomic E-state index is 0.0569. The maximum Gasteiger partial charge on any atom is 0.303 e. The highest BCUT2D eigenvalue weighted by molar-refractivity contribution is 5.80. The minimum Gasteiger partial charge on any atom is -0.481 e. The number of carboxylic acid groups (broad SMARTS) is 1. The maximum atomic E-state index is 12.3. The van der Waals surface area contributed by atoms with Crippen LogP contribution in [0.25, 0.3) is 16.9 Å². The van der Waals surface area contributed by atoms with Gasteiger partial charge in [-0.1, -0.05) is 30.3 Å². The van der Waals surface area contributed by atoms with Crippen LogP contribution >= 0.6 is 0 Å². The summed E-state index contributed by atoms with van der Waals surface area (Å²) < 4.78 is 1.65. The van der Waals surface area contributed by atoms with E-state index in [0.717, 1.165) is 5.69 Å². The van der Waals surface area contributed by atoms with E-state index in [1.165, 1.54) is 17.0 Å². The van der Waals surface area contributed by atoms with Crippen LogP contribution in [-0.4, -0.2) is 43.6 Å². The molecule has 0 bridgehead atoms. The lowest BCUT2D eigenvalue weighted by molar-refractivity contribution is -0.384. The molecule has 3 aromatic rings. The number of rotatable bonds is 8. The van der Waals surface area contributed by atoms with E-state index in [-0.39, 0.29) is 31.0 Å². The summed E-state index contributed by atoms with van der Waals surface area (Å²) in [6, 6.07) is 15.5. The van der Waals surface area contributed by atoms with Crippen LogP contribution in [0.5, 0.6) is 0 Å². The topological polar surface area (TPSA) is 119 Å². The number of aliphatic carboxylic acids is 1. The first-order chi connectivity index (χ1) is 14.3. The molecule has 154 valence electrons. The van der Waals surface area contributed by atoms with Crippen molar-refractivity contribution in [3.05, 3.63) is 76.5 Å². The largest absolute Gasteiger partial charge is 0.481 e. The highest BCUT2D eigenvalue weighted by Gasteiger charge is 2.19. The number of nitrogens with zero attached hydrogens (tertiary/aromatic N) is 4. The number of para-hydroxylation sites is 1. The van der Waals surface area contributed by atoms with Gasteiger partial charge in [0.05, 0.1) is 22.7 Å². The summed E-state index contributed by atoms with van der Waals surface area (Å²) >= 11 is 0. The molecule has 3 rings (SSSR count). The van der Waals surface area contributed by atoms with Crippen LogP contribution in [0.1, 0.15) is 18.4 Å². The Kier molecular flexibility index (Phi) is 6.21. The number of amides is 1. The fourth-order valence-electron chi connectivity index (χ4n) is 3.00. The number of nitro benzene ring substituents is 1. The Morgan fingerprint density at radius 1 is 1.13 bits per heavy atom. The van der Waals surface area contributed by atoms with Gasteiger partial charge < -0.3 is 10.0 Å². The van der Waals surface area contributed by atoms with Gasteiger partial charge in [-0.05, 0) is 12.1 Å². The first kappa shape index (κ1) is 20.7. The van der Waals surface area contributed by atoms with Gasteiger partial charge in [-0.15, -0.1) is 0 Å². The third-order valence-corrected chi connectivity index (χ3v) is 4.53. The predicted octanol–water partition coefficient (Wildman–Crippen LogP) is 3.27. The van der Waals surface area contributed by atoms with E-state index in [1.807, 2.05) is 30.3 Å². The Labute approximate surface area is 172 Å². The molecule has 0 spiro atoms. The van der Waals surface area contributed by atoms with E-state index >= 15 is 0 Å². The zero-order valence-electron chi connectivity index (χ0n) is 16.3. The Hall–Kier alpha value is -4.01. The number of carboxylic acids is 1. The molecule has 0 aliphatic heterocycles. The van der Waals surface area contributed by atoms with Crippen LogP contribution in [0.4, 0.5) is 5.69 Å². The maximum absolute atomic E-state index is 12.3. The monoisotopic (exact) mass is 408 g/mol. The molecule has 9 heteroatoms. The van der Waals surface area contributed by atoms with Gasteiger partial charge in [-0.25, -0.2) is 4.68 Å². The molecule has 0 saturated heterocycles. The summed E-state index contributed by atoms with van der Waals surface area (Å²) in [6.07, 6.45) is 1.42. The van der Waals surface area contributed by atoms with Crippen LogP contribution in [-0.2, 0) is 16.1 Å². The summed E-state index contributed by atoms with van der Waals surface area (Å²) in [5.74, 6) is -1.35. The Bertz CT molecular complexity index is 1080. The highest BCUT2D eigenvalue weighted by atomic mass is 16.6. The van der Waals surface area contributed by atoms with Gasteiger partial charge in [0.1, 0.15) is 0 Å². The van der Waals surface area contributed by atoms with Crippen molar-refractivity contribution < 1.29 is 19.6 Å². The third-order valence-electron chi connectivity index (χ3n) is 4.53. The molecule has 0 saturated carbocycles. The number of aromatic nitrogens is 2. The fraction of sp³-hybridized carbons (Fsp3) is 0.190. The molecule has 0 aliphatic carbocycles. The van der Waals surface area contributed by atoms with Crippen molar-refractivity contribution >= 4 is 17.6 Å². The molecule has 0 fully saturated rings. The summed E-state index contributed by atoms with van der Waals surface area (Å²) in [7, 11) is 1.58. The second-order valence-corrected chi connectivity index (χ2v) is 6.73. The van der Waals surface area contributed by atoms with Crippen molar-refractivity contribution in [2.24, 2.45) is 0 Å². The van der Waals surface area contributed by atoms with Crippen LogP contribution < -0.4 is 0 Å². The molecule has 9 nitrogen and oxygen atoms in total. The lowest BCUT2D eigenvalue weighted by atomic mass is 10.1. The average Bonchev–Trinajstić information content (AvgIpc) is 3.16. The lowest BCUT2D eigenvalue weighted by Crippen LogP contribution is -2.26. The number of benzene rings is 2. The van der Waals surface area contributed by atoms with Crippen molar-refractivity contribution in [2.45, 2.75) is 19.4 Å². The number of hydrogen-bond acceptors (Lipinski definition) is 5. The van der Waals surface area contributed by atoms with E-state index < -0.39 is 10.9 Å². The summed E-state index contributed by atoms with van der Waals surface area (Å²) in [5, 5.41) is 24.6. The molecule has 1 N–H and O–H groups in total. The second-order valence-electron chi connectivity index (χ2n) is 6.73. The van der Waals surface area contributed by atoms with E-state index in [1.54, 1.807) is 30.1 Å². The summed E-state index contributed by atoms with van der Waals surface area (Å²) in [4.78, 5) is 35.1. The molecule has 1 amide bonds. The van der Waals surface area contributed by atoms with Gasteiger partial charge in [0, 0.05) is 49.5 Å². The number of nitro groups is 1. The summed E-state index contributed by atoms with van der Waals surface area (Å²) in [5.41, 5.74) is 2.50. The third kappa shape index (κ3) is 4.88. The van der Waals surface area contributed by atoms with Gasteiger partial charge in [-0.3, -0.25) is 19.7 Å². The van der Waals surface area contributed by atoms with E-state index in [9.17, 15) is 19.7 Å². The number of hydrogen-bond donors (Lipinski definition) is 1. The van der Waals surface area contributed by atoms with Crippen molar-refractivity contribution in [3.8, 4) is 16.9 Å². The predicted molar refractivity (Wildman–Crippen MR) is 109 cm³/mol. The number of carbonyl (C=O) groups is 2. The lowest BCUT2D eigenvalue weighted by Gasteiger charge is -2.16. The molecular formula is C21H20N4O5. The standard InChI is InChI=1S/C21H20N4O5/c1-23(19(26)10-11-20(27)28)13-16-14-24(17-7-3-2-4-8-17)22-21(16)15-6-5-9-18(12-15)25(29)30/h2-9,12,14H,10-11,13H2,1H3,(H,27,28). The van der Waals surface area contributed by atoms with Crippen molar-refractivity contribution in [3.63, 3.8) is 0 Å². The zero-order chi connectivity index (χ0) is 21.7. The molecule has 30 heavy (non-hydrogen) atoms. The molecule has 0 radical (unpaired) electrons. The highest BCUT2D eigenvalue weighted by Crippen LogP contribution is 2.27. The first-order valence-corrected chi connectivity index (χ1v) is 9.19. The van der Waals surface area contributed by atoms with Crippen LogP contribution in [0.2, 0.25) is 0 Å². The molecule has 2 aromatic carbocycles. The first-order valence-electron chi connectivity index (χ1n) is 9.19. The molecule has 0 atom stereocenters. The van der Waals surface area contributed by atoms with E-state index in [0.29, 0.717) is 16.8 Å². The van der Waals surface area contributed by atoms with E-state index in [2.05, 4.69) is 5.10 Å². The second kappa shape index (κ2) is 8.99. The van der Waals surface area contributed by atoms with Gasteiger partial charge in [-0.2, -0.15) is 5.10 Å². The fourth-order valence-corrected chi connectivity index (χ4v) is 3.00. The van der Waals surface area contributed by atoms with Gasteiger partial charge >= 0.3 is 5.97 Å². The van der Waals surface area contributed by atoms with Crippen LogP contribution in [0.15, 0.2) is 60.8 Å². The Morgan fingerprint density at radius 3 is 2.53 bits per heavy atom.